The zero-order valence-corrected chi connectivity index (χ0v) is 13.0. The standard InChI is InChI=1S/C14H17BrN2O3/c1-3-9(18)8-17-12(19)14(2,16-13(17)20)10-6-4-5-7-11(10)15/h4-7,9,18H,3,8H2,1-2H3,(H,16,20)/t9-,14+/m1/s1. The quantitative estimate of drug-likeness (QED) is 0.823. The molecule has 0 bridgehead atoms. The molecule has 0 unspecified atom stereocenters. The van der Waals surface area contributed by atoms with E-state index in [1.165, 1.54) is 0 Å². The minimum atomic E-state index is -1.11. The lowest BCUT2D eigenvalue weighted by Gasteiger charge is -2.24. The van der Waals surface area contributed by atoms with Crippen molar-refractivity contribution in [1.29, 1.82) is 0 Å². The van der Waals surface area contributed by atoms with Crippen LogP contribution in [0.1, 0.15) is 25.8 Å². The second kappa shape index (κ2) is 5.54. The summed E-state index contributed by atoms with van der Waals surface area (Å²) < 4.78 is 0.758. The Bertz CT molecular complexity index is 549. The van der Waals surface area contributed by atoms with E-state index in [0.29, 0.717) is 12.0 Å². The first-order chi connectivity index (χ1) is 9.40. The molecule has 1 aromatic carbocycles. The van der Waals surface area contributed by atoms with Crippen LogP contribution in [-0.2, 0) is 10.3 Å². The fourth-order valence-corrected chi connectivity index (χ4v) is 2.93. The van der Waals surface area contributed by atoms with Crippen molar-refractivity contribution in [3.05, 3.63) is 34.3 Å². The second-order valence-corrected chi connectivity index (χ2v) is 5.87. The van der Waals surface area contributed by atoms with Crippen LogP contribution in [0.2, 0.25) is 0 Å². The summed E-state index contributed by atoms with van der Waals surface area (Å²) in [5.41, 5.74) is -0.406. The Hall–Kier alpha value is -1.40. The number of β-amino-alcohol motifs (C(OH)–C–C–N with tert-alkyl or cyclic N) is 1. The number of nitrogens with one attached hydrogen (secondary N) is 1. The maximum absolute atomic E-state index is 12.6. The number of hydrogen-bond acceptors (Lipinski definition) is 3. The van der Waals surface area contributed by atoms with E-state index in [1.54, 1.807) is 19.9 Å². The number of halogens is 1. The van der Waals surface area contributed by atoms with Crippen LogP contribution >= 0.6 is 15.9 Å². The van der Waals surface area contributed by atoms with Gasteiger partial charge in [0.05, 0.1) is 12.6 Å². The molecule has 1 aromatic rings. The van der Waals surface area contributed by atoms with E-state index < -0.39 is 17.7 Å². The lowest BCUT2D eigenvalue weighted by Crippen LogP contribution is -2.42. The molecule has 5 nitrogen and oxygen atoms in total. The molecule has 1 heterocycles. The fourth-order valence-electron chi connectivity index (χ4n) is 2.25. The Kier molecular flexibility index (Phi) is 4.15. The Morgan fingerprint density at radius 1 is 1.40 bits per heavy atom. The van der Waals surface area contributed by atoms with Crippen molar-refractivity contribution in [2.75, 3.05) is 6.54 Å². The summed E-state index contributed by atoms with van der Waals surface area (Å²) in [4.78, 5) is 25.6. The van der Waals surface area contributed by atoms with Gasteiger partial charge in [0.15, 0.2) is 0 Å². The molecule has 2 N–H and O–H groups in total. The van der Waals surface area contributed by atoms with E-state index in [9.17, 15) is 14.7 Å². The SMILES string of the molecule is CC[C@@H](O)CN1C(=O)N[C@@](C)(c2ccccc2Br)C1=O. The van der Waals surface area contributed by atoms with E-state index in [0.717, 1.165) is 9.37 Å². The van der Waals surface area contributed by atoms with E-state index in [4.69, 9.17) is 0 Å². The van der Waals surface area contributed by atoms with Gasteiger partial charge in [0.1, 0.15) is 5.54 Å². The number of amides is 3. The van der Waals surface area contributed by atoms with Crippen LogP contribution in [-0.4, -0.2) is 34.6 Å². The number of aliphatic hydroxyl groups excluding tert-OH is 1. The number of rotatable bonds is 4. The van der Waals surface area contributed by atoms with E-state index in [1.807, 2.05) is 18.2 Å². The van der Waals surface area contributed by atoms with Gasteiger partial charge < -0.3 is 10.4 Å². The molecule has 2 rings (SSSR count). The smallest absolute Gasteiger partial charge is 0.325 e. The van der Waals surface area contributed by atoms with Crippen LogP contribution < -0.4 is 5.32 Å². The first-order valence-corrected chi connectivity index (χ1v) is 7.26. The third kappa shape index (κ3) is 2.45. The number of aliphatic hydroxyl groups is 1. The number of nitrogens with zero attached hydrogens (tertiary/aromatic N) is 1. The fraction of sp³-hybridized carbons (Fsp3) is 0.429. The van der Waals surface area contributed by atoms with Crippen molar-refractivity contribution in [1.82, 2.24) is 10.2 Å². The van der Waals surface area contributed by atoms with Crippen LogP contribution in [0.15, 0.2) is 28.7 Å². The summed E-state index contributed by atoms with van der Waals surface area (Å²) in [5.74, 6) is -0.345. The highest BCUT2D eigenvalue weighted by Gasteiger charge is 2.49. The summed E-state index contributed by atoms with van der Waals surface area (Å²) in [7, 11) is 0. The molecule has 1 saturated heterocycles. The molecule has 0 saturated carbocycles. The van der Waals surface area contributed by atoms with Crippen LogP contribution in [0.3, 0.4) is 0 Å². The van der Waals surface area contributed by atoms with Crippen molar-refractivity contribution in [2.45, 2.75) is 31.9 Å². The van der Waals surface area contributed by atoms with Gasteiger partial charge in [0.2, 0.25) is 0 Å². The highest BCUT2D eigenvalue weighted by molar-refractivity contribution is 9.10. The molecule has 6 heteroatoms. The number of carbonyl (C=O) groups excluding carboxylic acids is 2. The summed E-state index contributed by atoms with van der Waals surface area (Å²) in [6.45, 7) is 3.49. The Labute approximate surface area is 126 Å². The summed E-state index contributed by atoms with van der Waals surface area (Å²) >= 11 is 3.40. The van der Waals surface area contributed by atoms with Gasteiger partial charge in [-0.05, 0) is 19.4 Å². The minimum absolute atomic E-state index is 0.0151. The van der Waals surface area contributed by atoms with Gasteiger partial charge in [0, 0.05) is 10.0 Å². The molecule has 20 heavy (non-hydrogen) atoms. The first kappa shape index (κ1) is 15.0. The molecule has 1 aliphatic rings. The van der Waals surface area contributed by atoms with Crippen LogP contribution in [0.25, 0.3) is 0 Å². The van der Waals surface area contributed by atoms with Gasteiger partial charge in [-0.25, -0.2) is 4.79 Å². The van der Waals surface area contributed by atoms with Gasteiger partial charge in [-0.3, -0.25) is 9.69 Å². The molecule has 2 atom stereocenters. The number of hydrogen-bond donors (Lipinski definition) is 2. The predicted octanol–water partition coefficient (Wildman–Crippen LogP) is 1.99. The highest BCUT2D eigenvalue weighted by atomic mass is 79.9. The van der Waals surface area contributed by atoms with E-state index in [-0.39, 0.29) is 12.5 Å². The van der Waals surface area contributed by atoms with Gasteiger partial charge in [0.25, 0.3) is 5.91 Å². The third-order valence-electron chi connectivity index (χ3n) is 3.55. The van der Waals surface area contributed by atoms with Crippen molar-refractivity contribution in [2.24, 2.45) is 0 Å². The van der Waals surface area contributed by atoms with Crippen LogP contribution in [0.4, 0.5) is 4.79 Å². The zero-order valence-electron chi connectivity index (χ0n) is 11.4. The summed E-state index contributed by atoms with van der Waals surface area (Å²) in [5, 5.41) is 12.4. The maximum Gasteiger partial charge on any atom is 0.325 e. The zero-order chi connectivity index (χ0) is 14.9. The second-order valence-electron chi connectivity index (χ2n) is 5.01. The largest absolute Gasteiger partial charge is 0.391 e. The van der Waals surface area contributed by atoms with Crippen LogP contribution in [0, 0.1) is 0 Å². The molecule has 108 valence electrons. The average molecular weight is 341 g/mol. The molecule has 0 aromatic heterocycles. The molecular formula is C14H17BrN2O3. The van der Waals surface area contributed by atoms with Crippen molar-refractivity contribution in [3.63, 3.8) is 0 Å². The first-order valence-electron chi connectivity index (χ1n) is 6.47. The average Bonchev–Trinajstić information content (AvgIpc) is 2.63. The molecule has 3 amide bonds. The number of carbonyl (C=O) groups is 2. The van der Waals surface area contributed by atoms with Gasteiger partial charge >= 0.3 is 6.03 Å². The van der Waals surface area contributed by atoms with Gasteiger partial charge in [-0.15, -0.1) is 0 Å². The topological polar surface area (TPSA) is 69.6 Å². The number of benzene rings is 1. The summed E-state index contributed by atoms with van der Waals surface area (Å²) in [6.07, 6.45) is -0.214. The Morgan fingerprint density at radius 2 is 2.05 bits per heavy atom. The van der Waals surface area contributed by atoms with Gasteiger partial charge in [-0.2, -0.15) is 0 Å². The highest BCUT2D eigenvalue weighted by Crippen LogP contribution is 2.33. The van der Waals surface area contributed by atoms with E-state index in [2.05, 4.69) is 21.2 Å². The van der Waals surface area contributed by atoms with E-state index >= 15 is 0 Å². The van der Waals surface area contributed by atoms with Crippen molar-refractivity contribution in [3.8, 4) is 0 Å². The molecule has 1 fully saturated rings. The van der Waals surface area contributed by atoms with Crippen molar-refractivity contribution < 1.29 is 14.7 Å². The Morgan fingerprint density at radius 3 is 2.65 bits per heavy atom. The molecule has 0 spiro atoms. The monoisotopic (exact) mass is 340 g/mol. The van der Waals surface area contributed by atoms with Crippen molar-refractivity contribution >= 4 is 27.9 Å². The Balaban J connectivity index is 2.33. The number of urea groups is 1. The van der Waals surface area contributed by atoms with Gasteiger partial charge in [-0.1, -0.05) is 41.1 Å². The van der Waals surface area contributed by atoms with Crippen LogP contribution in [0.5, 0.6) is 0 Å². The summed E-state index contributed by atoms with van der Waals surface area (Å²) in [6, 6.07) is 6.80. The number of imide groups is 1. The molecule has 1 aliphatic heterocycles. The predicted molar refractivity (Wildman–Crippen MR) is 78.0 cm³/mol. The lowest BCUT2D eigenvalue weighted by atomic mass is 9.92. The minimum Gasteiger partial charge on any atom is -0.391 e. The molecular weight excluding hydrogens is 324 g/mol. The third-order valence-corrected chi connectivity index (χ3v) is 4.24. The molecule has 0 radical (unpaired) electrons. The molecule has 0 aliphatic carbocycles. The maximum atomic E-state index is 12.6. The lowest BCUT2D eigenvalue weighted by molar-refractivity contribution is -0.132. The normalized spacial score (nSPS) is 23.9.